The first-order chi connectivity index (χ1) is 29.8. The largest absolute Gasteiger partial charge is 0.472 e. The van der Waals surface area contributed by atoms with Crippen LogP contribution in [0.5, 0.6) is 0 Å². The monoisotopic (exact) mass is 897 g/mol. The summed E-state index contributed by atoms with van der Waals surface area (Å²) in [5.41, 5.74) is 0. The zero-order valence-corrected chi connectivity index (χ0v) is 37.9. The summed E-state index contributed by atoms with van der Waals surface area (Å²) < 4.78 is 33.4. The Hall–Kier alpha value is -3.01. The van der Waals surface area contributed by atoms with Gasteiger partial charge in [0.1, 0.15) is 43.2 Å². The smallest absolute Gasteiger partial charge is 0.462 e. The van der Waals surface area contributed by atoms with E-state index in [1.165, 1.54) is 19.3 Å². The lowest BCUT2D eigenvalue weighted by atomic mass is 9.85. The predicted octanol–water partition coefficient (Wildman–Crippen LogP) is 7.47. The lowest BCUT2D eigenvalue weighted by molar-refractivity contribution is -0.220. The van der Waals surface area contributed by atoms with Crippen LogP contribution in [0.2, 0.25) is 0 Å². The predicted molar refractivity (Wildman–Crippen MR) is 241 cm³/mol. The Morgan fingerprint density at radius 3 is 1.79 bits per heavy atom. The molecule has 14 nitrogen and oxygen atoms in total. The molecular weight excluding hydrogens is 819 g/mol. The van der Waals surface area contributed by atoms with Gasteiger partial charge in [0, 0.05) is 12.8 Å². The normalized spacial score (nSPS) is 23.2. The molecule has 0 heterocycles. The standard InChI is InChI=1S/C47H77O14P/c1-3-5-7-9-11-12-13-14-15-16-17-18-22-26-30-34-40(49)58-36-39(37-59-62(56,57)61-47-45(54)43(52)42(51)44(53)46(47)55)60-41(50)35-31-27-23-19-21-25-29-33-38(48)32-28-24-20-10-8-6-4-2/h5,7,11-12,14-15,19-20,23-25,28-29,32,38-39,42-48,51-55H,3-4,6,8-10,13,16-18,21-22,26-27,30-31,33-37H2,1-2H3,(H,56,57)/b7-5-,12-11-,15-14-,23-19+,24-20-,29-25-,32-28-/t38-,39+,42?,43-,44+,45+,46+,47?/m0/s1. The van der Waals surface area contributed by atoms with E-state index in [0.29, 0.717) is 32.1 Å². The van der Waals surface area contributed by atoms with Crippen molar-refractivity contribution in [3.63, 3.8) is 0 Å². The van der Waals surface area contributed by atoms with E-state index in [4.69, 9.17) is 18.5 Å². The molecule has 0 aromatic heterocycles. The fraction of sp³-hybridized carbons (Fsp3) is 0.660. The summed E-state index contributed by atoms with van der Waals surface area (Å²) in [5.74, 6) is -1.24. The van der Waals surface area contributed by atoms with E-state index in [-0.39, 0.29) is 12.8 Å². The average Bonchev–Trinajstić information content (AvgIpc) is 3.25. The molecule has 0 aliphatic heterocycles. The van der Waals surface area contributed by atoms with E-state index in [0.717, 1.165) is 57.8 Å². The molecule has 0 spiro atoms. The van der Waals surface area contributed by atoms with Crippen LogP contribution in [-0.4, -0.2) is 110 Å². The molecule has 0 aromatic carbocycles. The van der Waals surface area contributed by atoms with E-state index >= 15 is 0 Å². The molecule has 0 radical (unpaired) electrons. The Balaban J connectivity index is 2.57. The van der Waals surface area contributed by atoms with Gasteiger partial charge in [-0.15, -0.1) is 0 Å². The molecule has 0 amide bonds. The minimum absolute atomic E-state index is 0.0220. The van der Waals surface area contributed by atoms with Crippen LogP contribution in [0.3, 0.4) is 0 Å². The van der Waals surface area contributed by atoms with Crippen molar-refractivity contribution in [2.24, 2.45) is 0 Å². The molecule has 9 atom stereocenters. The zero-order valence-electron chi connectivity index (χ0n) is 37.0. The molecule has 62 heavy (non-hydrogen) atoms. The first kappa shape index (κ1) is 57.0. The number of allylic oxidation sites excluding steroid dienone is 12. The molecule has 0 saturated heterocycles. The Labute approximate surface area is 370 Å². The fourth-order valence-electron chi connectivity index (χ4n) is 6.14. The second-order valence-electron chi connectivity index (χ2n) is 15.4. The third-order valence-electron chi connectivity index (χ3n) is 9.80. The molecule has 1 rings (SSSR count). The lowest BCUT2D eigenvalue weighted by Crippen LogP contribution is -2.64. The van der Waals surface area contributed by atoms with Gasteiger partial charge < -0.3 is 45.0 Å². The summed E-state index contributed by atoms with van der Waals surface area (Å²) in [6.07, 6.45) is 29.5. The highest BCUT2D eigenvalue weighted by atomic mass is 31.2. The van der Waals surface area contributed by atoms with Crippen molar-refractivity contribution in [3.05, 3.63) is 85.1 Å². The van der Waals surface area contributed by atoms with Crippen LogP contribution in [0.15, 0.2) is 85.1 Å². The van der Waals surface area contributed by atoms with Crippen molar-refractivity contribution < 1.29 is 68.2 Å². The maximum absolute atomic E-state index is 12.8. The number of phosphoric ester groups is 1. The highest BCUT2D eigenvalue weighted by Crippen LogP contribution is 2.47. The van der Waals surface area contributed by atoms with E-state index in [1.807, 2.05) is 36.5 Å². The van der Waals surface area contributed by atoms with Gasteiger partial charge in [0.25, 0.3) is 0 Å². The Kier molecular flexibility index (Phi) is 33.4. The second kappa shape index (κ2) is 36.3. The van der Waals surface area contributed by atoms with Gasteiger partial charge in [-0.05, 0) is 77.0 Å². The topological polar surface area (TPSA) is 230 Å². The number of carbonyl (C=O) groups is 2. The maximum Gasteiger partial charge on any atom is 0.472 e. The molecule has 1 aliphatic rings. The molecule has 15 heteroatoms. The van der Waals surface area contributed by atoms with Crippen molar-refractivity contribution in [2.45, 2.75) is 185 Å². The minimum atomic E-state index is -5.16. The summed E-state index contributed by atoms with van der Waals surface area (Å²) in [6.45, 7) is 3.00. The Morgan fingerprint density at radius 2 is 1.13 bits per heavy atom. The average molecular weight is 897 g/mol. The van der Waals surface area contributed by atoms with Gasteiger partial charge in [0.2, 0.25) is 0 Å². The van der Waals surface area contributed by atoms with Crippen molar-refractivity contribution in [2.75, 3.05) is 13.2 Å². The number of carbonyl (C=O) groups excluding carboxylic acids is 2. The quantitative estimate of drug-likeness (QED) is 0.0108. The number of aliphatic hydroxyl groups is 6. The molecule has 1 fully saturated rings. The number of hydrogen-bond donors (Lipinski definition) is 7. The summed E-state index contributed by atoms with van der Waals surface area (Å²) in [4.78, 5) is 35.7. The van der Waals surface area contributed by atoms with Crippen LogP contribution in [0.25, 0.3) is 0 Å². The van der Waals surface area contributed by atoms with E-state index in [2.05, 4.69) is 56.4 Å². The first-order valence-electron chi connectivity index (χ1n) is 22.5. The van der Waals surface area contributed by atoms with Crippen LogP contribution in [-0.2, 0) is 32.7 Å². The lowest BCUT2D eigenvalue weighted by Gasteiger charge is -2.41. The number of rotatable bonds is 35. The summed E-state index contributed by atoms with van der Waals surface area (Å²) in [7, 11) is -5.16. The van der Waals surface area contributed by atoms with E-state index in [1.54, 1.807) is 6.08 Å². The van der Waals surface area contributed by atoms with Crippen molar-refractivity contribution in [1.29, 1.82) is 0 Å². The van der Waals surface area contributed by atoms with Crippen LogP contribution >= 0.6 is 7.82 Å². The number of hydrogen-bond acceptors (Lipinski definition) is 13. The molecule has 0 aromatic rings. The van der Waals surface area contributed by atoms with Crippen LogP contribution < -0.4 is 0 Å². The SMILES string of the molecule is CC/C=C\C/C=C\C/C=C\CCCCCCCC(=O)OC[C@H](COP(=O)(O)OC1[C@H](O)[C@H](O)C(O)[C@H](O)[C@H]1O)OC(=O)CCC/C=C/C/C=C\C[C@@H](O)/C=C\C=C/CCCCC. The molecule has 7 N–H and O–H groups in total. The number of esters is 2. The van der Waals surface area contributed by atoms with Gasteiger partial charge in [-0.2, -0.15) is 0 Å². The van der Waals surface area contributed by atoms with Crippen LogP contribution in [0, 0.1) is 0 Å². The Bertz CT molecular complexity index is 1420. The second-order valence-corrected chi connectivity index (χ2v) is 16.8. The van der Waals surface area contributed by atoms with Crippen LogP contribution in [0.4, 0.5) is 0 Å². The van der Waals surface area contributed by atoms with Gasteiger partial charge in [0.05, 0.1) is 12.7 Å². The summed E-state index contributed by atoms with van der Waals surface area (Å²) in [6, 6.07) is 0. The fourth-order valence-corrected chi connectivity index (χ4v) is 7.11. The van der Waals surface area contributed by atoms with Gasteiger partial charge in [-0.25, -0.2) is 4.57 Å². The summed E-state index contributed by atoms with van der Waals surface area (Å²) >= 11 is 0. The van der Waals surface area contributed by atoms with Crippen molar-refractivity contribution >= 4 is 19.8 Å². The highest BCUT2D eigenvalue weighted by Gasteiger charge is 2.51. The first-order valence-corrected chi connectivity index (χ1v) is 24.0. The van der Waals surface area contributed by atoms with Crippen molar-refractivity contribution in [3.8, 4) is 0 Å². The highest BCUT2D eigenvalue weighted by molar-refractivity contribution is 7.47. The molecule has 1 saturated carbocycles. The zero-order chi connectivity index (χ0) is 45.9. The van der Waals surface area contributed by atoms with Gasteiger partial charge in [0.15, 0.2) is 6.10 Å². The molecule has 354 valence electrons. The number of phosphoric acid groups is 1. The number of ether oxygens (including phenoxy) is 2. The maximum atomic E-state index is 12.8. The number of unbranched alkanes of at least 4 members (excludes halogenated alkanes) is 9. The van der Waals surface area contributed by atoms with Gasteiger partial charge in [-0.3, -0.25) is 18.6 Å². The molecule has 1 aliphatic carbocycles. The molecule has 0 bridgehead atoms. The molecular formula is C47H77O14P. The minimum Gasteiger partial charge on any atom is -0.462 e. The third-order valence-corrected chi connectivity index (χ3v) is 10.8. The Morgan fingerprint density at radius 1 is 0.597 bits per heavy atom. The molecule has 3 unspecified atom stereocenters. The number of aliphatic hydroxyl groups excluding tert-OH is 6. The van der Waals surface area contributed by atoms with Gasteiger partial charge in [-0.1, -0.05) is 131 Å². The van der Waals surface area contributed by atoms with Gasteiger partial charge >= 0.3 is 19.8 Å². The third kappa shape index (κ3) is 28.6. The van der Waals surface area contributed by atoms with E-state index in [9.17, 15) is 49.7 Å². The van der Waals surface area contributed by atoms with Crippen LogP contribution in [0.1, 0.15) is 136 Å². The summed E-state index contributed by atoms with van der Waals surface area (Å²) in [5, 5.41) is 60.2. The van der Waals surface area contributed by atoms with E-state index < -0.39 is 81.8 Å². The van der Waals surface area contributed by atoms with Crippen molar-refractivity contribution in [1.82, 2.24) is 0 Å².